The molecule has 1 atom stereocenters. The number of nitrogen functional groups attached to an aromatic ring is 1. The molecule has 3 N–H and O–H groups in total. The summed E-state index contributed by atoms with van der Waals surface area (Å²) in [7, 11) is 0. The third-order valence-electron chi connectivity index (χ3n) is 3.71. The van der Waals surface area contributed by atoms with Gasteiger partial charge in [0, 0.05) is 17.9 Å². The lowest BCUT2D eigenvalue weighted by Gasteiger charge is -2.34. The van der Waals surface area contributed by atoms with Gasteiger partial charge in [0.05, 0.1) is 12.1 Å². The summed E-state index contributed by atoms with van der Waals surface area (Å²) in [6, 6.07) is 3.71. The lowest BCUT2D eigenvalue weighted by molar-refractivity contribution is 0.0272. The molecular formula is C15H22N2O2. The van der Waals surface area contributed by atoms with Crippen LogP contribution in [0.2, 0.25) is 0 Å². The lowest BCUT2D eigenvalue weighted by Crippen LogP contribution is -2.51. The maximum Gasteiger partial charge on any atom is 0.252 e. The summed E-state index contributed by atoms with van der Waals surface area (Å²) in [5, 5.41) is 3.08. The van der Waals surface area contributed by atoms with Gasteiger partial charge in [-0.25, -0.2) is 0 Å². The standard InChI is InChI=1S/C15H22N2O2/c1-10-7-11(2)13(16)8-12(10)14(18)17-15(3)5-4-6-19-9-15/h7-8H,4-6,9,16H2,1-3H3,(H,17,18). The minimum Gasteiger partial charge on any atom is -0.398 e. The molecule has 2 rings (SSSR count). The van der Waals surface area contributed by atoms with Crippen LogP contribution in [0.4, 0.5) is 5.69 Å². The molecule has 0 aromatic heterocycles. The van der Waals surface area contributed by atoms with Crippen molar-refractivity contribution in [2.45, 2.75) is 39.2 Å². The van der Waals surface area contributed by atoms with E-state index in [1.165, 1.54) is 0 Å². The number of carbonyl (C=O) groups is 1. The molecule has 1 fully saturated rings. The smallest absolute Gasteiger partial charge is 0.252 e. The molecule has 0 radical (unpaired) electrons. The van der Waals surface area contributed by atoms with Crippen molar-refractivity contribution in [3.63, 3.8) is 0 Å². The Morgan fingerprint density at radius 3 is 2.74 bits per heavy atom. The van der Waals surface area contributed by atoms with Gasteiger partial charge in [-0.15, -0.1) is 0 Å². The van der Waals surface area contributed by atoms with Crippen molar-refractivity contribution >= 4 is 11.6 Å². The molecule has 0 saturated carbocycles. The van der Waals surface area contributed by atoms with Gasteiger partial charge in [-0.05, 0) is 50.8 Å². The summed E-state index contributed by atoms with van der Waals surface area (Å²) >= 11 is 0. The van der Waals surface area contributed by atoms with Gasteiger partial charge in [-0.3, -0.25) is 4.79 Å². The van der Waals surface area contributed by atoms with Gasteiger partial charge in [-0.2, -0.15) is 0 Å². The highest BCUT2D eigenvalue weighted by Gasteiger charge is 2.30. The zero-order chi connectivity index (χ0) is 14.0. The number of hydrogen-bond donors (Lipinski definition) is 2. The van der Waals surface area contributed by atoms with Crippen LogP contribution >= 0.6 is 0 Å². The molecule has 0 aliphatic carbocycles. The lowest BCUT2D eigenvalue weighted by atomic mass is 9.93. The molecule has 0 bridgehead atoms. The molecule has 1 unspecified atom stereocenters. The van der Waals surface area contributed by atoms with Crippen LogP contribution in [-0.2, 0) is 4.74 Å². The van der Waals surface area contributed by atoms with Gasteiger partial charge in [0.25, 0.3) is 5.91 Å². The Labute approximate surface area is 114 Å². The molecule has 1 aromatic rings. The highest BCUT2D eigenvalue weighted by molar-refractivity contribution is 5.97. The van der Waals surface area contributed by atoms with Crippen LogP contribution in [0.1, 0.15) is 41.3 Å². The first-order chi connectivity index (χ1) is 8.91. The summed E-state index contributed by atoms with van der Waals surface area (Å²) in [5.74, 6) is -0.0720. The van der Waals surface area contributed by atoms with E-state index >= 15 is 0 Å². The van der Waals surface area contributed by atoms with Crippen LogP contribution in [0.3, 0.4) is 0 Å². The SMILES string of the molecule is Cc1cc(C)c(C(=O)NC2(C)CCCOC2)cc1N. The summed E-state index contributed by atoms with van der Waals surface area (Å²) in [4.78, 5) is 12.4. The summed E-state index contributed by atoms with van der Waals surface area (Å²) in [6.45, 7) is 7.25. The van der Waals surface area contributed by atoms with Crippen molar-refractivity contribution in [1.29, 1.82) is 0 Å². The quantitative estimate of drug-likeness (QED) is 0.803. The minimum absolute atomic E-state index is 0.0720. The third-order valence-corrected chi connectivity index (χ3v) is 3.71. The number of nitrogens with one attached hydrogen (secondary N) is 1. The number of anilines is 1. The fourth-order valence-corrected chi connectivity index (χ4v) is 2.49. The fourth-order valence-electron chi connectivity index (χ4n) is 2.49. The molecule has 104 valence electrons. The minimum atomic E-state index is -0.276. The van der Waals surface area contributed by atoms with E-state index in [0.717, 1.165) is 30.6 Å². The average molecular weight is 262 g/mol. The molecule has 0 spiro atoms. The zero-order valence-corrected chi connectivity index (χ0v) is 11.9. The molecule has 1 aromatic carbocycles. The van der Waals surface area contributed by atoms with Gasteiger partial charge in [-0.1, -0.05) is 6.07 Å². The average Bonchev–Trinajstić information content (AvgIpc) is 2.34. The second-order valence-corrected chi connectivity index (χ2v) is 5.69. The van der Waals surface area contributed by atoms with Crippen molar-refractivity contribution < 1.29 is 9.53 Å². The van der Waals surface area contributed by atoms with Gasteiger partial charge in [0.2, 0.25) is 0 Å². The number of amides is 1. The van der Waals surface area contributed by atoms with Crippen LogP contribution in [-0.4, -0.2) is 24.7 Å². The van der Waals surface area contributed by atoms with Crippen LogP contribution in [0, 0.1) is 13.8 Å². The van der Waals surface area contributed by atoms with E-state index in [4.69, 9.17) is 10.5 Å². The van der Waals surface area contributed by atoms with Crippen LogP contribution in [0.25, 0.3) is 0 Å². The first-order valence-corrected chi connectivity index (χ1v) is 6.68. The number of benzene rings is 1. The molecule has 1 amide bonds. The van der Waals surface area contributed by atoms with Gasteiger partial charge in [0.1, 0.15) is 0 Å². The Hall–Kier alpha value is -1.55. The molecule has 19 heavy (non-hydrogen) atoms. The molecule has 1 heterocycles. The Morgan fingerprint density at radius 1 is 1.37 bits per heavy atom. The first-order valence-electron chi connectivity index (χ1n) is 6.68. The predicted octanol–water partition coefficient (Wildman–Crippen LogP) is 2.18. The van der Waals surface area contributed by atoms with Crippen LogP contribution in [0.15, 0.2) is 12.1 Å². The zero-order valence-electron chi connectivity index (χ0n) is 11.9. The van der Waals surface area contributed by atoms with E-state index in [1.807, 2.05) is 26.8 Å². The van der Waals surface area contributed by atoms with E-state index < -0.39 is 0 Å². The topological polar surface area (TPSA) is 64.3 Å². The van der Waals surface area contributed by atoms with E-state index in [9.17, 15) is 4.79 Å². The first kappa shape index (κ1) is 13.9. The summed E-state index contributed by atoms with van der Waals surface area (Å²) < 4.78 is 5.46. The monoisotopic (exact) mass is 262 g/mol. The molecule has 1 aliphatic rings. The molecule has 4 heteroatoms. The van der Waals surface area contributed by atoms with Crippen LogP contribution < -0.4 is 11.1 Å². The van der Waals surface area contributed by atoms with Gasteiger partial charge < -0.3 is 15.8 Å². The Balaban J connectivity index is 2.18. The largest absolute Gasteiger partial charge is 0.398 e. The second kappa shape index (κ2) is 5.21. The third kappa shape index (κ3) is 3.07. The van der Waals surface area contributed by atoms with E-state index in [-0.39, 0.29) is 11.4 Å². The second-order valence-electron chi connectivity index (χ2n) is 5.69. The number of rotatable bonds is 2. The predicted molar refractivity (Wildman–Crippen MR) is 76.3 cm³/mol. The van der Waals surface area contributed by atoms with Crippen molar-refractivity contribution in [3.8, 4) is 0 Å². The Kier molecular flexibility index (Phi) is 3.80. The summed E-state index contributed by atoms with van der Waals surface area (Å²) in [6.07, 6.45) is 1.92. The van der Waals surface area contributed by atoms with Crippen molar-refractivity contribution in [2.75, 3.05) is 18.9 Å². The Bertz CT molecular complexity index is 491. The van der Waals surface area contributed by atoms with Crippen molar-refractivity contribution in [1.82, 2.24) is 5.32 Å². The van der Waals surface area contributed by atoms with Crippen molar-refractivity contribution in [2.24, 2.45) is 0 Å². The number of hydrogen-bond acceptors (Lipinski definition) is 3. The van der Waals surface area contributed by atoms with Crippen LogP contribution in [0.5, 0.6) is 0 Å². The Morgan fingerprint density at radius 2 is 2.11 bits per heavy atom. The summed E-state index contributed by atoms with van der Waals surface area (Å²) in [5.41, 5.74) is 8.86. The molecule has 4 nitrogen and oxygen atoms in total. The normalized spacial score (nSPS) is 23.1. The van der Waals surface area contributed by atoms with Crippen molar-refractivity contribution in [3.05, 3.63) is 28.8 Å². The highest BCUT2D eigenvalue weighted by Crippen LogP contribution is 2.22. The molecular weight excluding hydrogens is 240 g/mol. The number of ether oxygens (including phenoxy) is 1. The maximum atomic E-state index is 12.4. The molecule has 1 aliphatic heterocycles. The van der Waals surface area contributed by atoms with E-state index in [1.54, 1.807) is 6.07 Å². The van der Waals surface area contributed by atoms with Gasteiger partial charge >= 0.3 is 0 Å². The number of carbonyl (C=O) groups excluding carboxylic acids is 1. The van der Waals surface area contributed by atoms with E-state index in [0.29, 0.717) is 17.9 Å². The highest BCUT2D eigenvalue weighted by atomic mass is 16.5. The van der Waals surface area contributed by atoms with E-state index in [2.05, 4.69) is 5.32 Å². The van der Waals surface area contributed by atoms with Gasteiger partial charge in [0.15, 0.2) is 0 Å². The molecule has 1 saturated heterocycles. The number of nitrogens with two attached hydrogens (primary N) is 1. The maximum absolute atomic E-state index is 12.4. The fraction of sp³-hybridized carbons (Fsp3) is 0.533. The number of aryl methyl sites for hydroxylation is 2.